The monoisotopic (exact) mass is 524 g/mol. The van der Waals surface area contributed by atoms with E-state index in [1.54, 1.807) is 4.90 Å². The third-order valence-corrected chi connectivity index (χ3v) is 8.31. The summed E-state index contributed by atoms with van der Waals surface area (Å²) in [5, 5.41) is 5.51. The van der Waals surface area contributed by atoms with Gasteiger partial charge in [-0.05, 0) is 56.6 Å². The van der Waals surface area contributed by atoms with E-state index in [2.05, 4.69) is 28.5 Å². The van der Waals surface area contributed by atoms with Crippen LogP contribution in [0.2, 0.25) is 0 Å². The molecule has 0 aromatic heterocycles. The Balaban J connectivity index is 1.34. The molecule has 2 N–H and O–H groups in total. The summed E-state index contributed by atoms with van der Waals surface area (Å²) in [6, 6.07) is 5.25. The summed E-state index contributed by atoms with van der Waals surface area (Å²) >= 11 is 0. The standard InChI is InChI=1S/C30H44N4O4/c1-2-3-8-18-33(19-9-7-17-31-28(36)20-22-11-5-4-6-12-22)25-14-10-13-23-24(25)21-34(30(23)38)26-15-16-27(35)32-29(26)37/h10,13-14,22,26H,2-9,11-12,15-21H2,1H3,(H,31,36)(H,32,35,37). The molecule has 1 saturated carbocycles. The summed E-state index contributed by atoms with van der Waals surface area (Å²) < 4.78 is 0. The number of amides is 4. The highest BCUT2D eigenvalue weighted by Crippen LogP contribution is 2.34. The zero-order chi connectivity index (χ0) is 26.9. The number of carbonyl (C=O) groups excluding carboxylic acids is 4. The van der Waals surface area contributed by atoms with Gasteiger partial charge in [-0.2, -0.15) is 0 Å². The van der Waals surface area contributed by atoms with Crippen molar-refractivity contribution in [3.8, 4) is 0 Å². The van der Waals surface area contributed by atoms with E-state index in [1.165, 1.54) is 32.1 Å². The largest absolute Gasteiger partial charge is 0.371 e. The molecule has 1 aliphatic carbocycles. The lowest BCUT2D eigenvalue weighted by Crippen LogP contribution is -2.52. The Kier molecular flexibility index (Phi) is 10.2. The summed E-state index contributed by atoms with van der Waals surface area (Å²) in [5.41, 5.74) is 2.69. The molecule has 1 aromatic rings. The van der Waals surface area contributed by atoms with Crippen LogP contribution in [0.5, 0.6) is 0 Å². The van der Waals surface area contributed by atoms with Crippen LogP contribution in [0.15, 0.2) is 18.2 Å². The van der Waals surface area contributed by atoms with Crippen LogP contribution < -0.4 is 15.5 Å². The van der Waals surface area contributed by atoms with Gasteiger partial charge >= 0.3 is 0 Å². The number of carbonyl (C=O) groups is 4. The van der Waals surface area contributed by atoms with Crippen LogP contribution in [0.1, 0.15) is 106 Å². The zero-order valence-electron chi connectivity index (χ0n) is 22.9. The lowest BCUT2D eigenvalue weighted by molar-refractivity contribution is -0.137. The summed E-state index contributed by atoms with van der Waals surface area (Å²) in [5.74, 6) is -0.0479. The van der Waals surface area contributed by atoms with Crippen molar-refractivity contribution in [1.82, 2.24) is 15.5 Å². The fourth-order valence-corrected chi connectivity index (χ4v) is 6.15. The molecule has 0 spiro atoms. The number of unbranched alkanes of at least 4 members (excludes halogenated alkanes) is 3. The molecule has 208 valence electrons. The summed E-state index contributed by atoms with van der Waals surface area (Å²) in [7, 11) is 0. The fourth-order valence-electron chi connectivity index (χ4n) is 6.15. The number of anilines is 1. The lowest BCUT2D eigenvalue weighted by Gasteiger charge is -2.30. The van der Waals surface area contributed by atoms with Crippen LogP contribution in [-0.4, -0.2) is 54.2 Å². The van der Waals surface area contributed by atoms with Gasteiger partial charge in [0.25, 0.3) is 5.91 Å². The SMILES string of the molecule is CCCCCN(CCCCNC(=O)CC1CCCCC1)c1cccc2c1CN(C1CCC(=O)NC1=O)C2=O. The van der Waals surface area contributed by atoms with Gasteiger partial charge in [-0.15, -0.1) is 0 Å². The van der Waals surface area contributed by atoms with Crippen molar-refractivity contribution in [1.29, 1.82) is 0 Å². The Morgan fingerprint density at radius 2 is 1.79 bits per heavy atom. The normalized spacial score (nSPS) is 19.9. The molecular formula is C30H44N4O4. The molecule has 4 rings (SSSR count). The average molecular weight is 525 g/mol. The first-order valence-electron chi connectivity index (χ1n) is 14.8. The Morgan fingerprint density at radius 1 is 1.03 bits per heavy atom. The first-order chi connectivity index (χ1) is 18.5. The third-order valence-electron chi connectivity index (χ3n) is 8.31. The van der Waals surface area contributed by atoms with Crippen LogP contribution in [0.4, 0.5) is 5.69 Å². The van der Waals surface area contributed by atoms with E-state index in [1.807, 2.05) is 12.1 Å². The van der Waals surface area contributed by atoms with E-state index < -0.39 is 6.04 Å². The number of benzene rings is 1. The van der Waals surface area contributed by atoms with Crippen molar-refractivity contribution in [2.75, 3.05) is 24.5 Å². The van der Waals surface area contributed by atoms with Gasteiger partial charge in [-0.3, -0.25) is 24.5 Å². The fraction of sp³-hybridized carbons (Fsp3) is 0.667. The molecule has 2 aliphatic heterocycles. The van der Waals surface area contributed by atoms with Gasteiger partial charge in [-0.1, -0.05) is 45.1 Å². The molecule has 2 fully saturated rings. The van der Waals surface area contributed by atoms with Crippen molar-refractivity contribution in [3.63, 3.8) is 0 Å². The van der Waals surface area contributed by atoms with Crippen molar-refractivity contribution >= 4 is 29.3 Å². The topological polar surface area (TPSA) is 98.8 Å². The number of piperidine rings is 1. The minimum absolute atomic E-state index is 0.134. The molecule has 8 heteroatoms. The number of fused-ring (bicyclic) bond motifs is 1. The van der Waals surface area contributed by atoms with Gasteiger partial charge < -0.3 is 15.1 Å². The number of rotatable bonds is 13. The van der Waals surface area contributed by atoms with Crippen molar-refractivity contribution in [2.24, 2.45) is 5.92 Å². The van der Waals surface area contributed by atoms with Gasteiger partial charge in [0, 0.05) is 55.8 Å². The molecule has 4 amide bonds. The van der Waals surface area contributed by atoms with Crippen molar-refractivity contribution in [3.05, 3.63) is 29.3 Å². The minimum Gasteiger partial charge on any atom is -0.371 e. The van der Waals surface area contributed by atoms with Crippen LogP contribution in [0, 0.1) is 5.92 Å². The van der Waals surface area contributed by atoms with Crippen LogP contribution >= 0.6 is 0 Å². The second-order valence-corrected chi connectivity index (χ2v) is 11.2. The highest BCUT2D eigenvalue weighted by atomic mass is 16.2. The maximum Gasteiger partial charge on any atom is 0.255 e. The molecule has 38 heavy (non-hydrogen) atoms. The number of nitrogens with one attached hydrogen (secondary N) is 2. The molecule has 1 saturated heterocycles. The highest BCUT2D eigenvalue weighted by molar-refractivity contribution is 6.06. The maximum atomic E-state index is 13.3. The Bertz CT molecular complexity index is 1000. The quantitative estimate of drug-likeness (QED) is 0.296. The molecule has 0 bridgehead atoms. The number of imide groups is 1. The third kappa shape index (κ3) is 7.14. The molecule has 8 nitrogen and oxygen atoms in total. The van der Waals surface area contributed by atoms with E-state index >= 15 is 0 Å². The number of hydrogen-bond donors (Lipinski definition) is 2. The summed E-state index contributed by atoms with van der Waals surface area (Å²) in [6.45, 7) is 5.04. The smallest absolute Gasteiger partial charge is 0.255 e. The van der Waals surface area contributed by atoms with Crippen LogP contribution in [0.3, 0.4) is 0 Å². The van der Waals surface area contributed by atoms with E-state index in [4.69, 9.17) is 0 Å². The van der Waals surface area contributed by atoms with Gasteiger partial charge in [-0.25, -0.2) is 0 Å². The second-order valence-electron chi connectivity index (χ2n) is 11.2. The molecule has 3 aliphatic rings. The van der Waals surface area contributed by atoms with Crippen molar-refractivity contribution < 1.29 is 19.2 Å². The average Bonchev–Trinajstić information content (AvgIpc) is 3.24. The minimum atomic E-state index is -0.605. The Labute approximate surface area is 226 Å². The van der Waals surface area contributed by atoms with Crippen molar-refractivity contribution in [2.45, 2.75) is 103 Å². The van der Waals surface area contributed by atoms with Crippen LogP contribution in [-0.2, 0) is 20.9 Å². The lowest BCUT2D eigenvalue weighted by atomic mass is 9.87. The maximum absolute atomic E-state index is 13.3. The molecule has 2 heterocycles. The zero-order valence-corrected chi connectivity index (χ0v) is 22.9. The second kappa shape index (κ2) is 13.8. The first-order valence-corrected chi connectivity index (χ1v) is 14.8. The van der Waals surface area contributed by atoms with Gasteiger partial charge in [0.1, 0.15) is 6.04 Å². The van der Waals surface area contributed by atoms with E-state index in [9.17, 15) is 19.2 Å². The van der Waals surface area contributed by atoms with Crippen LogP contribution in [0.25, 0.3) is 0 Å². The van der Waals surface area contributed by atoms with E-state index in [0.29, 0.717) is 37.4 Å². The predicted octanol–water partition coefficient (Wildman–Crippen LogP) is 4.31. The highest BCUT2D eigenvalue weighted by Gasteiger charge is 2.40. The number of hydrogen-bond acceptors (Lipinski definition) is 5. The molecule has 1 aromatic carbocycles. The van der Waals surface area contributed by atoms with Gasteiger partial charge in [0.05, 0.1) is 0 Å². The van der Waals surface area contributed by atoms with Gasteiger partial charge in [0.2, 0.25) is 17.7 Å². The van der Waals surface area contributed by atoms with E-state index in [0.717, 1.165) is 56.4 Å². The number of nitrogens with zero attached hydrogens (tertiary/aromatic N) is 2. The molecule has 0 radical (unpaired) electrons. The molecule has 1 atom stereocenters. The Morgan fingerprint density at radius 3 is 2.53 bits per heavy atom. The predicted molar refractivity (Wildman–Crippen MR) is 148 cm³/mol. The van der Waals surface area contributed by atoms with E-state index in [-0.39, 0.29) is 30.0 Å². The first kappa shape index (κ1) is 28.1. The summed E-state index contributed by atoms with van der Waals surface area (Å²) in [6.07, 6.45) is 12.7. The van der Waals surface area contributed by atoms with Gasteiger partial charge in [0.15, 0.2) is 0 Å². The molecule has 1 unspecified atom stereocenters. The summed E-state index contributed by atoms with van der Waals surface area (Å²) in [4.78, 5) is 53.7. The Hall–Kier alpha value is -2.90. The molecular weight excluding hydrogens is 480 g/mol.